The van der Waals surface area contributed by atoms with Gasteiger partial charge >= 0.3 is 0 Å². The second-order valence-electron chi connectivity index (χ2n) is 6.66. The second kappa shape index (κ2) is 9.62. The first-order chi connectivity index (χ1) is 13.3. The van der Waals surface area contributed by atoms with Gasteiger partial charge in [-0.1, -0.05) is 18.2 Å². The summed E-state index contributed by atoms with van der Waals surface area (Å²) in [5.74, 6) is 2.44. The summed E-state index contributed by atoms with van der Waals surface area (Å²) in [5, 5.41) is 3.50. The van der Waals surface area contributed by atoms with E-state index in [0.29, 0.717) is 6.61 Å². The van der Waals surface area contributed by atoms with Crippen molar-refractivity contribution >= 4 is 0 Å². The summed E-state index contributed by atoms with van der Waals surface area (Å²) in [7, 11) is 3.38. The zero-order valence-corrected chi connectivity index (χ0v) is 16.5. The summed E-state index contributed by atoms with van der Waals surface area (Å²) in [5.41, 5.74) is 2.47. The Hall–Kier alpha value is -2.24. The van der Waals surface area contributed by atoms with Crippen molar-refractivity contribution < 1.29 is 14.2 Å². The molecule has 0 bridgehead atoms. The lowest BCUT2D eigenvalue weighted by molar-refractivity contribution is 0.239. The van der Waals surface area contributed by atoms with Crippen LogP contribution in [0.25, 0.3) is 0 Å². The highest BCUT2D eigenvalue weighted by molar-refractivity contribution is 5.46. The topological polar surface area (TPSA) is 43.0 Å². The summed E-state index contributed by atoms with van der Waals surface area (Å²) in [6.45, 7) is 6.74. The van der Waals surface area contributed by atoms with Crippen LogP contribution in [0.3, 0.4) is 0 Å². The predicted molar refractivity (Wildman–Crippen MR) is 108 cm³/mol. The molecule has 2 aromatic rings. The molecule has 0 radical (unpaired) electrons. The summed E-state index contributed by atoms with van der Waals surface area (Å²) in [6, 6.07) is 14.8. The van der Waals surface area contributed by atoms with Crippen molar-refractivity contribution in [3.63, 3.8) is 0 Å². The Morgan fingerprint density at radius 1 is 0.926 bits per heavy atom. The molecule has 2 aromatic carbocycles. The third-order valence-electron chi connectivity index (χ3n) is 4.97. The van der Waals surface area contributed by atoms with Crippen LogP contribution in [0.4, 0.5) is 0 Å². The molecule has 1 heterocycles. The van der Waals surface area contributed by atoms with Gasteiger partial charge in [0.15, 0.2) is 11.5 Å². The number of ether oxygens (including phenoxy) is 3. The smallest absolute Gasteiger partial charge is 0.161 e. The van der Waals surface area contributed by atoms with Crippen molar-refractivity contribution in [2.24, 2.45) is 0 Å². The predicted octanol–water partition coefficient (Wildman–Crippen LogP) is 3.49. The quantitative estimate of drug-likeness (QED) is 0.808. The van der Waals surface area contributed by atoms with E-state index in [2.05, 4.69) is 34.5 Å². The van der Waals surface area contributed by atoms with Gasteiger partial charge in [-0.05, 0) is 55.3 Å². The number of nitrogens with zero attached hydrogens (tertiary/aromatic N) is 1. The Morgan fingerprint density at radius 2 is 1.70 bits per heavy atom. The molecule has 146 valence electrons. The van der Waals surface area contributed by atoms with E-state index in [1.807, 2.05) is 25.1 Å². The molecule has 5 heteroatoms. The number of benzene rings is 2. The molecule has 1 fully saturated rings. The number of hydrogen-bond acceptors (Lipinski definition) is 5. The fourth-order valence-corrected chi connectivity index (χ4v) is 3.66. The maximum Gasteiger partial charge on any atom is 0.161 e. The number of hydrogen-bond donors (Lipinski definition) is 1. The summed E-state index contributed by atoms with van der Waals surface area (Å²) in [6.07, 6.45) is 1.14. The third-order valence-corrected chi connectivity index (χ3v) is 4.97. The van der Waals surface area contributed by atoms with Gasteiger partial charge in [0.05, 0.1) is 26.9 Å². The Morgan fingerprint density at radius 3 is 2.41 bits per heavy atom. The van der Waals surface area contributed by atoms with E-state index in [1.165, 1.54) is 11.1 Å². The third kappa shape index (κ3) is 4.73. The molecular formula is C22H30N2O3. The maximum atomic E-state index is 5.83. The highest BCUT2D eigenvalue weighted by Crippen LogP contribution is 2.36. The fraction of sp³-hybridized carbons (Fsp3) is 0.455. The van der Waals surface area contributed by atoms with Gasteiger partial charge in [-0.25, -0.2) is 0 Å². The van der Waals surface area contributed by atoms with Gasteiger partial charge < -0.3 is 19.5 Å². The average molecular weight is 370 g/mol. The molecule has 0 spiro atoms. The van der Waals surface area contributed by atoms with Crippen LogP contribution in [-0.4, -0.2) is 51.9 Å². The zero-order valence-electron chi connectivity index (χ0n) is 16.5. The fourth-order valence-electron chi connectivity index (χ4n) is 3.66. The van der Waals surface area contributed by atoms with E-state index in [1.54, 1.807) is 14.2 Å². The minimum absolute atomic E-state index is 0.168. The highest BCUT2D eigenvalue weighted by atomic mass is 16.5. The van der Waals surface area contributed by atoms with E-state index in [9.17, 15) is 0 Å². The Labute approximate surface area is 162 Å². The lowest BCUT2D eigenvalue weighted by atomic mass is 9.96. The molecule has 1 N–H and O–H groups in total. The summed E-state index contributed by atoms with van der Waals surface area (Å²) >= 11 is 0. The van der Waals surface area contributed by atoms with Crippen molar-refractivity contribution in [2.45, 2.75) is 19.4 Å². The van der Waals surface area contributed by atoms with Gasteiger partial charge in [-0.2, -0.15) is 0 Å². The largest absolute Gasteiger partial charge is 0.497 e. The van der Waals surface area contributed by atoms with Gasteiger partial charge in [-0.3, -0.25) is 4.90 Å². The Bertz CT molecular complexity index is 710. The van der Waals surface area contributed by atoms with Gasteiger partial charge in [0, 0.05) is 19.6 Å². The first-order valence-corrected chi connectivity index (χ1v) is 9.66. The Kier molecular flexibility index (Phi) is 6.96. The molecule has 27 heavy (non-hydrogen) atoms. The van der Waals surface area contributed by atoms with E-state index in [4.69, 9.17) is 14.2 Å². The molecule has 0 aromatic heterocycles. The van der Waals surface area contributed by atoms with Crippen molar-refractivity contribution in [1.82, 2.24) is 10.2 Å². The molecule has 1 unspecified atom stereocenters. The molecule has 3 rings (SSSR count). The molecule has 0 saturated carbocycles. The molecule has 1 aliphatic rings. The lowest BCUT2D eigenvalue weighted by Gasteiger charge is -2.32. The summed E-state index contributed by atoms with van der Waals surface area (Å²) in [4.78, 5) is 2.54. The van der Waals surface area contributed by atoms with Crippen LogP contribution in [0.1, 0.15) is 30.5 Å². The van der Waals surface area contributed by atoms with Gasteiger partial charge in [-0.15, -0.1) is 0 Å². The van der Waals surface area contributed by atoms with Crippen molar-refractivity contribution in [3.8, 4) is 17.2 Å². The minimum atomic E-state index is 0.168. The molecule has 1 aliphatic heterocycles. The van der Waals surface area contributed by atoms with Crippen molar-refractivity contribution in [2.75, 3.05) is 47.0 Å². The minimum Gasteiger partial charge on any atom is -0.497 e. The first-order valence-electron chi connectivity index (χ1n) is 9.66. The van der Waals surface area contributed by atoms with E-state index in [-0.39, 0.29) is 6.04 Å². The van der Waals surface area contributed by atoms with Crippen molar-refractivity contribution in [3.05, 3.63) is 53.6 Å². The van der Waals surface area contributed by atoms with E-state index < -0.39 is 0 Å². The zero-order chi connectivity index (χ0) is 19.1. The first kappa shape index (κ1) is 19.5. The van der Waals surface area contributed by atoms with Crippen LogP contribution in [0.15, 0.2) is 42.5 Å². The molecule has 1 atom stereocenters. The number of nitrogens with one attached hydrogen (secondary N) is 1. The van der Waals surface area contributed by atoms with E-state index in [0.717, 1.165) is 49.8 Å². The van der Waals surface area contributed by atoms with Gasteiger partial charge in [0.25, 0.3) is 0 Å². The monoisotopic (exact) mass is 370 g/mol. The normalized spacial score (nSPS) is 16.4. The average Bonchev–Trinajstić information content (AvgIpc) is 2.99. The van der Waals surface area contributed by atoms with Crippen LogP contribution in [0, 0.1) is 0 Å². The van der Waals surface area contributed by atoms with Crippen LogP contribution in [-0.2, 0) is 0 Å². The van der Waals surface area contributed by atoms with Crippen LogP contribution >= 0.6 is 0 Å². The SMILES string of the molecule is CCOc1cc(C(c2ccc(OC)cc2)N2CCCNCC2)ccc1OC. The highest BCUT2D eigenvalue weighted by Gasteiger charge is 2.24. The second-order valence-corrected chi connectivity index (χ2v) is 6.66. The van der Waals surface area contributed by atoms with Gasteiger partial charge in [0.2, 0.25) is 0 Å². The van der Waals surface area contributed by atoms with Crippen molar-refractivity contribution in [1.29, 1.82) is 0 Å². The van der Waals surface area contributed by atoms with E-state index >= 15 is 0 Å². The molecule has 5 nitrogen and oxygen atoms in total. The standard InChI is InChI=1S/C22H30N2O3/c1-4-27-21-16-18(8-11-20(21)26-3)22(24-14-5-12-23-13-15-24)17-6-9-19(25-2)10-7-17/h6-11,16,22-23H,4-5,12-15H2,1-3H3. The molecular weight excluding hydrogens is 340 g/mol. The van der Waals surface area contributed by atoms with Gasteiger partial charge in [0.1, 0.15) is 5.75 Å². The molecule has 1 saturated heterocycles. The molecule has 0 amide bonds. The number of methoxy groups -OCH3 is 2. The summed E-state index contributed by atoms with van der Waals surface area (Å²) < 4.78 is 16.6. The molecule has 0 aliphatic carbocycles. The Balaban J connectivity index is 2.01. The van der Waals surface area contributed by atoms with Crippen LogP contribution in [0.2, 0.25) is 0 Å². The lowest BCUT2D eigenvalue weighted by Crippen LogP contribution is -2.33. The maximum absolute atomic E-state index is 5.83. The van der Waals surface area contributed by atoms with Crippen LogP contribution < -0.4 is 19.5 Å². The number of rotatable bonds is 7. The van der Waals surface area contributed by atoms with Crippen LogP contribution in [0.5, 0.6) is 17.2 Å².